The second-order valence-corrected chi connectivity index (χ2v) is 23.8. The number of carbonyl (C=O) groups is 3. The Morgan fingerprint density at radius 1 is 0.253 bits per heavy atom. The van der Waals surface area contributed by atoms with E-state index in [-0.39, 0.29) is 31.1 Å². The zero-order valence-electron chi connectivity index (χ0n) is 54.9. The molecule has 0 fully saturated rings. The topological polar surface area (TPSA) is 78.9 Å². The van der Waals surface area contributed by atoms with Crippen molar-refractivity contribution in [1.29, 1.82) is 0 Å². The highest BCUT2D eigenvalue weighted by Gasteiger charge is 2.19. The average Bonchev–Trinajstić information content (AvgIpc) is 3.49. The molecule has 0 aromatic heterocycles. The third kappa shape index (κ3) is 69.0. The Morgan fingerprint density at radius 3 is 0.735 bits per heavy atom. The number of hydrogen-bond acceptors (Lipinski definition) is 6. The van der Waals surface area contributed by atoms with Crippen molar-refractivity contribution in [1.82, 2.24) is 0 Å². The van der Waals surface area contributed by atoms with Gasteiger partial charge >= 0.3 is 17.9 Å². The summed E-state index contributed by atoms with van der Waals surface area (Å²) in [6, 6.07) is 0. The second-order valence-electron chi connectivity index (χ2n) is 23.8. The van der Waals surface area contributed by atoms with Crippen molar-refractivity contribution >= 4 is 17.9 Å². The fourth-order valence-corrected chi connectivity index (χ4v) is 10.3. The van der Waals surface area contributed by atoms with Crippen molar-refractivity contribution in [2.75, 3.05) is 13.2 Å². The van der Waals surface area contributed by atoms with E-state index >= 15 is 0 Å². The number of unbranched alkanes of at least 4 members (excludes halogenated alkanes) is 38. The summed E-state index contributed by atoms with van der Waals surface area (Å²) in [4.78, 5) is 38.0. The van der Waals surface area contributed by atoms with Gasteiger partial charge in [-0.2, -0.15) is 0 Å². The monoisotopic (exact) mass is 1160 g/mol. The third-order valence-electron chi connectivity index (χ3n) is 15.6. The van der Waals surface area contributed by atoms with Crippen LogP contribution in [0.4, 0.5) is 0 Å². The molecule has 0 spiro atoms. The maximum absolute atomic E-state index is 12.9. The lowest BCUT2D eigenvalue weighted by Crippen LogP contribution is -2.30. The van der Waals surface area contributed by atoms with Gasteiger partial charge in [-0.05, 0) is 83.5 Å². The molecule has 0 aliphatic carbocycles. The molecule has 0 radical (unpaired) electrons. The molecule has 83 heavy (non-hydrogen) atoms. The molecule has 6 heteroatoms. The lowest BCUT2D eigenvalue weighted by atomic mass is 10.0. The number of allylic oxidation sites excluding steroid dienone is 16. The van der Waals surface area contributed by atoms with E-state index in [9.17, 15) is 14.4 Å². The maximum atomic E-state index is 12.9. The largest absolute Gasteiger partial charge is 0.462 e. The lowest BCUT2D eigenvalue weighted by molar-refractivity contribution is -0.167. The fraction of sp³-hybridized carbons (Fsp3) is 0.753. The standard InChI is InChI=1S/C77H134O6/c1-4-7-10-13-15-17-19-21-23-25-27-29-31-33-34-35-36-37-38-39-40-41-42-44-45-47-49-51-53-55-57-59-61-64-67-70-76(79)82-73-74(72-81-75(78)69-66-63-12-9-6-3)83-77(80)71-68-65-62-60-58-56-54-52-50-48-46-43-32-30-28-26-24-22-20-18-16-14-11-8-5-2/h7,10,15,17,21,23,27,29,33-34,36-37,39-40,42,44,74H,4-6,8-9,11-14,16,18-20,22,24-26,28,30-32,35,38,41,43,45-73H2,1-3H3/b10-7-,17-15-,23-21-,29-27-,34-33-,37-36-,40-39-,44-42-. The Bertz CT molecular complexity index is 1610. The summed E-state index contributed by atoms with van der Waals surface area (Å²) in [5.41, 5.74) is 0. The average molecular weight is 1160 g/mol. The van der Waals surface area contributed by atoms with E-state index in [1.165, 1.54) is 199 Å². The van der Waals surface area contributed by atoms with E-state index in [0.29, 0.717) is 19.3 Å². The summed E-state index contributed by atoms with van der Waals surface area (Å²) in [6.07, 6.45) is 96.4. The molecule has 1 atom stereocenters. The number of ether oxygens (including phenoxy) is 3. The quantitative estimate of drug-likeness (QED) is 0.0261. The van der Waals surface area contributed by atoms with Crippen LogP contribution < -0.4 is 0 Å². The third-order valence-corrected chi connectivity index (χ3v) is 15.6. The summed E-state index contributed by atoms with van der Waals surface area (Å²) in [5.74, 6) is -0.877. The van der Waals surface area contributed by atoms with Crippen LogP contribution in [0.5, 0.6) is 0 Å². The Hall–Kier alpha value is -3.67. The van der Waals surface area contributed by atoms with E-state index in [0.717, 1.165) is 116 Å². The molecule has 0 heterocycles. The van der Waals surface area contributed by atoms with Gasteiger partial charge in [0.05, 0.1) is 0 Å². The molecule has 478 valence electrons. The summed E-state index contributed by atoms with van der Waals surface area (Å²) in [5, 5.41) is 0. The fourth-order valence-electron chi connectivity index (χ4n) is 10.3. The Morgan fingerprint density at radius 2 is 0.470 bits per heavy atom. The first-order valence-electron chi connectivity index (χ1n) is 35.7. The molecule has 0 bridgehead atoms. The molecule has 1 unspecified atom stereocenters. The number of carbonyl (C=O) groups excluding carboxylic acids is 3. The number of hydrogen-bond donors (Lipinski definition) is 0. The van der Waals surface area contributed by atoms with Gasteiger partial charge in [0.25, 0.3) is 0 Å². The van der Waals surface area contributed by atoms with Crippen LogP contribution in [0.2, 0.25) is 0 Å². The SMILES string of the molecule is CC/C=C\C/C=C\C/C=C\C/C=C\C/C=C\C/C=C\C/C=C\C/C=C\CCCCCCCCCCCCC(=O)OCC(COC(=O)CCCCCCC)OC(=O)CCCCCCCCCCCCCCCCCCCCCCCCCCC. The molecular weight excluding hydrogens is 1020 g/mol. The van der Waals surface area contributed by atoms with Gasteiger partial charge < -0.3 is 14.2 Å². The summed E-state index contributed by atoms with van der Waals surface area (Å²) >= 11 is 0. The first-order chi connectivity index (χ1) is 41.0. The molecule has 0 N–H and O–H groups in total. The minimum absolute atomic E-state index is 0.0749. The van der Waals surface area contributed by atoms with E-state index in [1.54, 1.807) is 0 Å². The van der Waals surface area contributed by atoms with Crippen LogP contribution in [-0.2, 0) is 28.6 Å². The van der Waals surface area contributed by atoms with Gasteiger partial charge in [-0.25, -0.2) is 0 Å². The predicted molar refractivity (Wildman–Crippen MR) is 362 cm³/mol. The highest BCUT2D eigenvalue weighted by atomic mass is 16.6. The molecule has 6 nitrogen and oxygen atoms in total. The molecule has 0 aliphatic heterocycles. The Kier molecular flexibility index (Phi) is 67.7. The first kappa shape index (κ1) is 79.3. The van der Waals surface area contributed by atoms with Crippen molar-refractivity contribution in [3.63, 3.8) is 0 Å². The van der Waals surface area contributed by atoms with Crippen LogP contribution in [0.3, 0.4) is 0 Å². The predicted octanol–water partition coefficient (Wildman–Crippen LogP) is 24.8. The Labute approximate surface area is 515 Å². The van der Waals surface area contributed by atoms with Crippen molar-refractivity contribution < 1.29 is 28.6 Å². The zero-order chi connectivity index (χ0) is 59.9. The van der Waals surface area contributed by atoms with Gasteiger partial charge in [0.15, 0.2) is 6.10 Å². The summed E-state index contributed by atoms with van der Waals surface area (Å²) in [6.45, 7) is 6.48. The smallest absolute Gasteiger partial charge is 0.306 e. The van der Waals surface area contributed by atoms with E-state index in [2.05, 4.69) is 118 Å². The minimum atomic E-state index is -0.774. The van der Waals surface area contributed by atoms with Crippen LogP contribution in [0.15, 0.2) is 97.2 Å². The van der Waals surface area contributed by atoms with Crippen LogP contribution >= 0.6 is 0 Å². The first-order valence-corrected chi connectivity index (χ1v) is 35.7. The van der Waals surface area contributed by atoms with Crippen LogP contribution in [0, 0.1) is 0 Å². The molecular formula is C77H134O6. The molecule has 0 saturated carbocycles. The van der Waals surface area contributed by atoms with E-state index < -0.39 is 6.10 Å². The van der Waals surface area contributed by atoms with Gasteiger partial charge in [0.2, 0.25) is 0 Å². The molecule has 0 saturated heterocycles. The lowest BCUT2D eigenvalue weighted by Gasteiger charge is -2.18. The van der Waals surface area contributed by atoms with Gasteiger partial charge in [-0.3, -0.25) is 14.4 Å². The van der Waals surface area contributed by atoms with Crippen LogP contribution in [0.25, 0.3) is 0 Å². The van der Waals surface area contributed by atoms with Crippen molar-refractivity contribution in [2.45, 2.75) is 361 Å². The van der Waals surface area contributed by atoms with Crippen LogP contribution in [0.1, 0.15) is 355 Å². The second kappa shape index (κ2) is 70.8. The van der Waals surface area contributed by atoms with Crippen molar-refractivity contribution in [3.8, 4) is 0 Å². The minimum Gasteiger partial charge on any atom is -0.462 e. The van der Waals surface area contributed by atoms with Crippen molar-refractivity contribution in [2.24, 2.45) is 0 Å². The maximum Gasteiger partial charge on any atom is 0.306 e. The highest BCUT2D eigenvalue weighted by Crippen LogP contribution is 2.18. The van der Waals surface area contributed by atoms with E-state index in [4.69, 9.17) is 14.2 Å². The molecule has 0 rings (SSSR count). The zero-order valence-corrected chi connectivity index (χ0v) is 54.9. The van der Waals surface area contributed by atoms with Crippen LogP contribution in [-0.4, -0.2) is 37.2 Å². The molecule has 0 aliphatic rings. The number of rotatable bonds is 65. The van der Waals surface area contributed by atoms with Crippen molar-refractivity contribution in [3.05, 3.63) is 97.2 Å². The summed E-state index contributed by atoms with van der Waals surface area (Å²) in [7, 11) is 0. The van der Waals surface area contributed by atoms with Gasteiger partial charge in [-0.1, -0.05) is 349 Å². The van der Waals surface area contributed by atoms with Gasteiger partial charge in [0, 0.05) is 19.3 Å². The van der Waals surface area contributed by atoms with Gasteiger partial charge in [0.1, 0.15) is 13.2 Å². The molecule has 0 amide bonds. The normalized spacial score (nSPS) is 12.7. The van der Waals surface area contributed by atoms with Gasteiger partial charge in [-0.15, -0.1) is 0 Å². The molecule has 0 aromatic rings. The van der Waals surface area contributed by atoms with E-state index in [1.807, 2.05) is 0 Å². The Balaban J connectivity index is 3.99. The molecule has 0 aromatic carbocycles. The number of esters is 3. The summed E-state index contributed by atoms with van der Waals surface area (Å²) < 4.78 is 16.8. The highest BCUT2D eigenvalue weighted by molar-refractivity contribution is 5.71.